The summed E-state index contributed by atoms with van der Waals surface area (Å²) in [5.74, 6) is 0.197. The molecule has 2 heterocycles. The summed E-state index contributed by atoms with van der Waals surface area (Å²) in [5, 5.41) is 9.25. The molecule has 3 atom stereocenters. The van der Waals surface area contributed by atoms with Crippen LogP contribution in [0.15, 0.2) is 246 Å². The summed E-state index contributed by atoms with van der Waals surface area (Å²) in [4.78, 5) is 2.74. The molecule has 0 amide bonds. The van der Waals surface area contributed by atoms with Crippen molar-refractivity contribution in [2.45, 2.75) is 33.2 Å². The molecule has 0 saturated heterocycles. The second-order valence-corrected chi connectivity index (χ2v) is 19.3. The molecule has 2 aliphatic carbocycles. The van der Waals surface area contributed by atoms with Crippen molar-refractivity contribution in [1.82, 2.24) is 5.32 Å². The second-order valence-electron chi connectivity index (χ2n) is 18.2. The maximum absolute atomic E-state index is 4.20. The molecule has 0 fully saturated rings. The molecule has 2 heteroatoms. The topological polar surface area (TPSA) is 12.0 Å². The molecule has 1 spiro atoms. The van der Waals surface area contributed by atoms with Gasteiger partial charge in [0.2, 0.25) is 0 Å². The van der Waals surface area contributed by atoms with Crippen molar-refractivity contribution >= 4 is 33.3 Å². The van der Waals surface area contributed by atoms with Crippen LogP contribution in [-0.4, -0.2) is 6.04 Å². The third-order valence-corrected chi connectivity index (χ3v) is 16.2. The third kappa shape index (κ3) is 5.40. The summed E-state index contributed by atoms with van der Waals surface area (Å²) in [7, 11) is 0. The van der Waals surface area contributed by atoms with Gasteiger partial charge in [-0.2, -0.15) is 0 Å². The van der Waals surface area contributed by atoms with Crippen molar-refractivity contribution in [2.24, 2.45) is 0 Å². The van der Waals surface area contributed by atoms with E-state index in [2.05, 4.69) is 242 Å². The number of benzene rings is 10. The highest BCUT2D eigenvalue weighted by Gasteiger charge is 2.51. The largest absolute Gasteiger partial charge is 0.299 e. The van der Waals surface area contributed by atoms with E-state index >= 15 is 0 Å². The number of hydrogen-bond donors (Lipinski definition) is 1. The van der Waals surface area contributed by atoms with E-state index in [1.165, 1.54) is 115 Å². The number of allylic oxidation sites excluding steroid dienone is 2. The van der Waals surface area contributed by atoms with Crippen molar-refractivity contribution in [3.63, 3.8) is 0 Å². The Morgan fingerprint density at radius 3 is 1.65 bits per heavy atom. The van der Waals surface area contributed by atoms with Crippen LogP contribution in [0.5, 0.6) is 0 Å². The zero-order valence-electron chi connectivity index (χ0n) is 36.2. The van der Waals surface area contributed by atoms with Gasteiger partial charge in [0.1, 0.15) is 0 Å². The molecule has 1 nitrogen and oxygen atoms in total. The summed E-state index contributed by atoms with van der Waals surface area (Å²) in [6.07, 6.45) is 9.29. The molecule has 3 unspecified atom stereocenters. The van der Waals surface area contributed by atoms with Crippen LogP contribution in [0.3, 0.4) is 0 Å². The van der Waals surface area contributed by atoms with Crippen molar-refractivity contribution in [3.05, 3.63) is 276 Å². The molecule has 1 N–H and O–H groups in total. The van der Waals surface area contributed by atoms with Crippen LogP contribution in [0.1, 0.15) is 50.9 Å². The molecule has 10 aromatic rings. The van der Waals surface area contributed by atoms with Crippen molar-refractivity contribution in [3.8, 4) is 44.5 Å². The maximum atomic E-state index is 4.20. The van der Waals surface area contributed by atoms with Crippen LogP contribution in [0.2, 0.25) is 0 Å². The Kier molecular flexibility index (Phi) is 8.47. The SMILES string of the molecule is C1=CC2NC(c3cccc(-c4c5ccccc5c(-c5ccc(-c6ccccc6)cc5)c5ccccc45)c3)c3ccc4c(c3C2C=C1)Sc1ccccc1C41c2ccccc2-c2ccccc21. The number of rotatable bonds is 4. The molecular weight excluding hydrogens is 815 g/mol. The molecule has 14 rings (SSSR count). The summed E-state index contributed by atoms with van der Waals surface area (Å²) >= 11 is 1.98. The number of fused-ring (bicyclic) bond motifs is 15. The van der Waals surface area contributed by atoms with E-state index in [0.717, 1.165) is 0 Å². The van der Waals surface area contributed by atoms with Gasteiger partial charge in [0, 0.05) is 21.8 Å². The molecule has 310 valence electrons. The van der Waals surface area contributed by atoms with Crippen LogP contribution in [-0.2, 0) is 5.41 Å². The van der Waals surface area contributed by atoms with Gasteiger partial charge >= 0.3 is 0 Å². The average Bonchev–Trinajstić information content (AvgIpc) is 3.68. The first-order chi connectivity index (χ1) is 32.8. The first-order valence-corrected chi connectivity index (χ1v) is 24.0. The van der Waals surface area contributed by atoms with Crippen LogP contribution >= 0.6 is 11.8 Å². The number of nitrogens with one attached hydrogen (secondary N) is 1. The molecular formula is C64H43NS. The highest BCUT2D eigenvalue weighted by atomic mass is 32.2. The standard InChI is InChI=1S/C64H43NS/c1-2-17-40(18-3-1)41-33-35-42(36-34-41)59-47-23-4-6-25-49(47)60(50-26-7-5-24-48(50)59)43-19-16-20-44(39-43)62-52-37-38-56-63(61(52)51-27-10-14-31-57(51)65-62)66-58-32-15-13-30-55(58)64(56)53-28-11-8-21-45(53)46-22-9-12-29-54(46)64/h1-39,51,57,62,65H. The van der Waals surface area contributed by atoms with E-state index in [1.807, 2.05) is 11.8 Å². The van der Waals surface area contributed by atoms with Gasteiger partial charge in [-0.15, -0.1) is 0 Å². The van der Waals surface area contributed by atoms with Crippen LogP contribution < -0.4 is 5.32 Å². The number of hydrogen-bond acceptors (Lipinski definition) is 2. The fraction of sp³-hybridized carbons (Fsp3) is 0.0625. The second kappa shape index (κ2) is 14.8. The Labute approximate surface area is 389 Å². The van der Waals surface area contributed by atoms with Gasteiger partial charge in [-0.05, 0) is 117 Å². The fourth-order valence-electron chi connectivity index (χ4n) is 12.2. The molecule has 0 aromatic heterocycles. The third-order valence-electron chi connectivity index (χ3n) is 14.9. The van der Waals surface area contributed by atoms with Gasteiger partial charge < -0.3 is 0 Å². The summed E-state index contributed by atoms with van der Waals surface area (Å²) < 4.78 is 0. The first kappa shape index (κ1) is 37.8. The Morgan fingerprint density at radius 1 is 0.409 bits per heavy atom. The van der Waals surface area contributed by atoms with Crippen molar-refractivity contribution in [1.29, 1.82) is 0 Å². The van der Waals surface area contributed by atoms with Crippen molar-refractivity contribution in [2.75, 3.05) is 0 Å². The normalized spacial score (nSPS) is 18.0. The quantitative estimate of drug-likeness (QED) is 0.177. The Balaban J connectivity index is 0.953. The predicted molar refractivity (Wildman–Crippen MR) is 275 cm³/mol. The van der Waals surface area contributed by atoms with Gasteiger partial charge in [-0.3, -0.25) is 5.32 Å². The zero-order valence-corrected chi connectivity index (χ0v) is 37.0. The van der Waals surface area contributed by atoms with Gasteiger partial charge in [0.25, 0.3) is 0 Å². The summed E-state index contributed by atoms with van der Waals surface area (Å²) in [6.45, 7) is 0. The highest BCUT2D eigenvalue weighted by molar-refractivity contribution is 7.99. The Morgan fingerprint density at radius 2 is 0.955 bits per heavy atom. The lowest BCUT2D eigenvalue weighted by molar-refractivity contribution is 0.455. The lowest BCUT2D eigenvalue weighted by Gasteiger charge is -2.45. The Bertz CT molecular complexity index is 3570. The van der Waals surface area contributed by atoms with E-state index in [9.17, 15) is 0 Å². The minimum atomic E-state index is -0.415. The molecule has 10 aromatic carbocycles. The molecule has 0 saturated carbocycles. The molecule has 0 bridgehead atoms. The zero-order chi connectivity index (χ0) is 43.3. The van der Waals surface area contributed by atoms with Gasteiger partial charge in [-0.1, -0.05) is 236 Å². The van der Waals surface area contributed by atoms with Crippen molar-refractivity contribution < 1.29 is 0 Å². The molecule has 66 heavy (non-hydrogen) atoms. The van der Waals surface area contributed by atoms with Gasteiger partial charge in [0.05, 0.1) is 11.5 Å². The van der Waals surface area contributed by atoms with Gasteiger partial charge in [-0.25, -0.2) is 0 Å². The predicted octanol–water partition coefficient (Wildman–Crippen LogP) is 16.1. The van der Waals surface area contributed by atoms with E-state index in [-0.39, 0.29) is 18.0 Å². The van der Waals surface area contributed by atoms with E-state index in [0.29, 0.717) is 0 Å². The summed E-state index contributed by atoms with van der Waals surface area (Å²) in [5.41, 5.74) is 19.3. The summed E-state index contributed by atoms with van der Waals surface area (Å²) in [6, 6.07) is 79.8. The van der Waals surface area contributed by atoms with Crippen LogP contribution in [0.25, 0.3) is 66.1 Å². The molecule has 4 aliphatic rings. The maximum Gasteiger partial charge on any atom is 0.0735 e. The lowest BCUT2D eigenvalue weighted by atomic mass is 9.65. The van der Waals surface area contributed by atoms with E-state index < -0.39 is 5.41 Å². The van der Waals surface area contributed by atoms with E-state index in [4.69, 9.17) is 0 Å². The minimum absolute atomic E-state index is 0.0144. The minimum Gasteiger partial charge on any atom is -0.299 e. The monoisotopic (exact) mass is 857 g/mol. The average molecular weight is 858 g/mol. The van der Waals surface area contributed by atoms with Gasteiger partial charge in [0.15, 0.2) is 0 Å². The Hall–Kier alpha value is -7.49. The molecule has 0 radical (unpaired) electrons. The van der Waals surface area contributed by atoms with Crippen LogP contribution in [0, 0.1) is 0 Å². The fourth-order valence-corrected chi connectivity index (χ4v) is 13.6. The molecule has 2 aliphatic heterocycles. The first-order valence-electron chi connectivity index (χ1n) is 23.2. The highest BCUT2D eigenvalue weighted by Crippen LogP contribution is 2.64. The smallest absolute Gasteiger partial charge is 0.0735 e. The lowest BCUT2D eigenvalue weighted by Crippen LogP contribution is -2.43. The van der Waals surface area contributed by atoms with Crippen LogP contribution in [0.4, 0.5) is 0 Å². The van der Waals surface area contributed by atoms with E-state index in [1.54, 1.807) is 0 Å².